The normalized spacial score (nSPS) is 16.1. The molecule has 2 aromatic rings. The van der Waals surface area contributed by atoms with Crippen LogP contribution in [-0.4, -0.2) is 19.7 Å². The van der Waals surface area contributed by atoms with Crippen molar-refractivity contribution in [3.05, 3.63) is 65.9 Å². The van der Waals surface area contributed by atoms with Gasteiger partial charge in [0.05, 0.1) is 13.7 Å². The number of amides is 1. The monoisotopic (exact) mass is 281 g/mol. The van der Waals surface area contributed by atoms with Crippen LogP contribution in [0, 0.1) is 0 Å². The van der Waals surface area contributed by atoms with Gasteiger partial charge in [-0.2, -0.15) is 0 Å². The minimum absolute atomic E-state index is 0.359. The summed E-state index contributed by atoms with van der Waals surface area (Å²) in [6, 6.07) is 17.1. The van der Waals surface area contributed by atoms with Crippen molar-refractivity contribution >= 4 is 17.9 Å². The van der Waals surface area contributed by atoms with Crippen molar-refractivity contribution < 1.29 is 14.3 Å². The standard InChI is InChI=1S/C17H15NO3/c1-20-15-9-7-14(8-10-15)18-12-16(21-17(18)19)11-13-5-3-2-4-6-13/h2-11H,12H2,1H3/b16-11-. The van der Waals surface area contributed by atoms with E-state index in [1.807, 2.05) is 60.7 Å². The van der Waals surface area contributed by atoms with E-state index >= 15 is 0 Å². The summed E-state index contributed by atoms with van der Waals surface area (Å²) < 4.78 is 10.4. The fourth-order valence-corrected chi connectivity index (χ4v) is 2.19. The lowest BCUT2D eigenvalue weighted by Gasteiger charge is -2.12. The van der Waals surface area contributed by atoms with Gasteiger partial charge in [-0.3, -0.25) is 4.90 Å². The third kappa shape index (κ3) is 2.89. The molecule has 0 aromatic heterocycles. The zero-order valence-electron chi connectivity index (χ0n) is 11.7. The number of carbonyl (C=O) groups excluding carboxylic acids is 1. The maximum Gasteiger partial charge on any atom is 0.419 e. The van der Waals surface area contributed by atoms with E-state index in [1.165, 1.54) is 0 Å². The molecule has 1 heterocycles. The van der Waals surface area contributed by atoms with Crippen LogP contribution in [0.3, 0.4) is 0 Å². The second kappa shape index (κ2) is 5.71. The number of ether oxygens (including phenoxy) is 2. The Kier molecular flexibility index (Phi) is 3.60. The van der Waals surface area contributed by atoms with Crippen molar-refractivity contribution in [2.75, 3.05) is 18.6 Å². The molecule has 1 saturated heterocycles. The first kappa shape index (κ1) is 13.2. The highest BCUT2D eigenvalue weighted by Crippen LogP contribution is 2.26. The molecular formula is C17H15NO3. The van der Waals surface area contributed by atoms with E-state index in [-0.39, 0.29) is 6.09 Å². The quantitative estimate of drug-likeness (QED) is 0.861. The van der Waals surface area contributed by atoms with Gasteiger partial charge in [-0.25, -0.2) is 4.79 Å². The lowest BCUT2D eigenvalue weighted by atomic mass is 10.2. The van der Waals surface area contributed by atoms with Crippen molar-refractivity contribution in [2.45, 2.75) is 0 Å². The maximum atomic E-state index is 12.0. The summed E-state index contributed by atoms with van der Waals surface area (Å²) in [5.41, 5.74) is 1.80. The Balaban J connectivity index is 1.79. The fourth-order valence-electron chi connectivity index (χ4n) is 2.19. The van der Waals surface area contributed by atoms with Crippen molar-refractivity contribution in [3.63, 3.8) is 0 Å². The summed E-state index contributed by atoms with van der Waals surface area (Å²) in [7, 11) is 1.61. The number of rotatable bonds is 3. The van der Waals surface area contributed by atoms with Crippen LogP contribution in [0.4, 0.5) is 10.5 Å². The third-order valence-corrected chi connectivity index (χ3v) is 3.26. The van der Waals surface area contributed by atoms with Crippen LogP contribution < -0.4 is 9.64 Å². The Morgan fingerprint density at radius 2 is 1.81 bits per heavy atom. The van der Waals surface area contributed by atoms with E-state index in [4.69, 9.17) is 9.47 Å². The lowest BCUT2D eigenvalue weighted by molar-refractivity contribution is 0.199. The van der Waals surface area contributed by atoms with Crippen molar-refractivity contribution in [2.24, 2.45) is 0 Å². The zero-order chi connectivity index (χ0) is 14.7. The van der Waals surface area contributed by atoms with Crippen LogP contribution in [-0.2, 0) is 4.74 Å². The van der Waals surface area contributed by atoms with Crippen molar-refractivity contribution in [3.8, 4) is 5.75 Å². The summed E-state index contributed by atoms with van der Waals surface area (Å²) in [5.74, 6) is 1.40. The number of benzene rings is 2. The van der Waals surface area contributed by atoms with Crippen LogP contribution in [0.1, 0.15) is 5.56 Å². The van der Waals surface area contributed by atoms with Gasteiger partial charge in [0.2, 0.25) is 0 Å². The highest BCUT2D eigenvalue weighted by molar-refractivity contribution is 5.92. The molecule has 0 N–H and O–H groups in total. The van der Waals surface area contributed by atoms with Gasteiger partial charge in [-0.15, -0.1) is 0 Å². The second-order valence-corrected chi connectivity index (χ2v) is 4.67. The fraction of sp³-hybridized carbons (Fsp3) is 0.118. The number of carbonyl (C=O) groups is 1. The van der Waals surface area contributed by atoms with Crippen LogP contribution >= 0.6 is 0 Å². The number of nitrogens with zero attached hydrogens (tertiary/aromatic N) is 1. The van der Waals surface area contributed by atoms with Crippen LogP contribution in [0.5, 0.6) is 5.75 Å². The molecule has 0 radical (unpaired) electrons. The SMILES string of the molecule is COc1ccc(N2C/C(=C/c3ccccc3)OC2=O)cc1. The molecule has 4 heteroatoms. The van der Waals surface area contributed by atoms with E-state index in [1.54, 1.807) is 12.0 Å². The molecule has 2 aromatic carbocycles. The number of cyclic esters (lactones) is 1. The van der Waals surface area contributed by atoms with Crippen molar-refractivity contribution in [1.82, 2.24) is 0 Å². The van der Waals surface area contributed by atoms with E-state index in [0.717, 1.165) is 17.0 Å². The molecular weight excluding hydrogens is 266 g/mol. The Bertz CT molecular complexity index is 662. The molecule has 0 bridgehead atoms. The Labute approximate surface area is 123 Å². The largest absolute Gasteiger partial charge is 0.497 e. The summed E-state index contributed by atoms with van der Waals surface area (Å²) in [6.07, 6.45) is 1.52. The van der Waals surface area contributed by atoms with Gasteiger partial charge in [-0.05, 0) is 35.9 Å². The van der Waals surface area contributed by atoms with Gasteiger partial charge >= 0.3 is 6.09 Å². The minimum Gasteiger partial charge on any atom is -0.497 e. The van der Waals surface area contributed by atoms with Crippen LogP contribution in [0.25, 0.3) is 6.08 Å². The molecule has 0 unspecified atom stereocenters. The number of hydrogen-bond donors (Lipinski definition) is 0. The van der Waals surface area contributed by atoms with Crippen LogP contribution in [0.2, 0.25) is 0 Å². The Hall–Kier alpha value is -2.75. The van der Waals surface area contributed by atoms with E-state index in [0.29, 0.717) is 12.3 Å². The topological polar surface area (TPSA) is 38.8 Å². The second-order valence-electron chi connectivity index (χ2n) is 4.67. The average Bonchev–Trinajstić information content (AvgIpc) is 2.89. The summed E-state index contributed by atoms with van der Waals surface area (Å²) in [4.78, 5) is 13.6. The van der Waals surface area contributed by atoms with E-state index in [9.17, 15) is 4.79 Å². The van der Waals surface area contributed by atoms with E-state index in [2.05, 4.69) is 0 Å². The summed E-state index contributed by atoms with van der Waals surface area (Å²) in [5, 5.41) is 0. The van der Waals surface area contributed by atoms with E-state index < -0.39 is 0 Å². The molecule has 4 nitrogen and oxygen atoms in total. The first-order valence-electron chi connectivity index (χ1n) is 6.65. The zero-order valence-corrected chi connectivity index (χ0v) is 11.7. The highest BCUT2D eigenvalue weighted by Gasteiger charge is 2.28. The molecule has 106 valence electrons. The molecule has 21 heavy (non-hydrogen) atoms. The van der Waals surface area contributed by atoms with Gasteiger partial charge in [-0.1, -0.05) is 30.3 Å². The molecule has 1 aliphatic heterocycles. The van der Waals surface area contributed by atoms with Gasteiger partial charge in [0.25, 0.3) is 0 Å². The predicted molar refractivity (Wildman–Crippen MR) is 81.2 cm³/mol. The highest BCUT2D eigenvalue weighted by atomic mass is 16.6. The van der Waals surface area contributed by atoms with Gasteiger partial charge in [0.15, 0.2) is 0 Å². The Morgan fingerprint density at radius 1 is 1.10 bits per heavy atom. The van der Waals surface area contributed by atoms with Gasteiger partial charge < -0.3 is 9.47 Å². The van der Waals surface area contributed by atoms with Crippen LogP contribution in [0.15, 0.2) is 60.4 Å². The molecule has 3 rings (SSSR count). The lowest BCUT2D eigenvalue weighted by Crippen LogP contribution is -2.22. The molecule has 1 fully saturated rings. The molecule has 1 aliphatic rings. The minimum atomic E-state index is -0.359. The third-order valence-electron chi connectivity index (χ3n) is 3.26. The number of methoxy groups -OCH3 is 1. The molecule has 0 saturated carbocycles. The number of hydrogen-bond acceptors (Lipinski definition) is 3. The van der Waals surface area contributed by atoms with Gasteiger partial charge in [0, 0.05) is 5.69 Å². The van der Waals surface area contributed by atoms with Gasteiger partial charge in [0.1, 0.15) is 11.5 Å². The Morgan fingerprint density at radius 3 is 2.48 bits per heavy atom. The summed E-state index contributed by atoms with van der Waals surface area (Å²) >= 11 is 0. The molecule has 0 spiro atoms. The molecule has 1 amide bonds. The first-order valence-corrected chi connectivity index (χ1v) is 6.65. The summed E-state index contributed by atoms with van der Waals surface area (Å²) in [6.45, 7) is 0.431. The average molecular weight is 281 g/mol. The molecule has 0 aliphatic carbocycles. The maximum absolute atomic E-state index is 12.0. The van der Waals surface area contributed by atoms with Crippen molar-refractivity contribution in [1.29, 1.82) is 0 Å². The number of anilines is 1. The molecule has 0 atom stereocenters. The first-order chi connectivity index (χ1) is 10.3. The smallest absolute Gasteiger partial charge is 0.419 e. The predicted octanol–water partition coefficient (Wildman–Crippen LogP) is 3.69.